The Morgan fingerprint density at radius 3 is 0.853 bits per heavy atom. The topological polar surface area (TPSA) is 318 Å². The summed E-state index contributed by atoms with van der Waals surface area (Å²) < 4.78 is 91.1. The van der Waals surface area contributed by atoms with E-state index in [2.05, 4.69) is 0 Å². The molecule has 26 nitrogen and oxygen atoms in total. The minimum Gasteiger partial charge on any atom is -0.463 e. The highest BCUT2D eigenvalue weighted by atomic mass is 16.8. The van der Waals surface area contributed by atoms with Gasteiger partial charge in [0.15, 0.2) is 73.8 Å². The first-order valence-electron chi connectivity index (χ1n) is 21.0. The molecule has 3 aliphatic rings. The number of ether oxygens (including phenoxy) is 16. The van der Waals surface area contributed by atoms with E-state index in [1.807, 2.05) is 0 Å². The molecule has 0 amide bonds. The Kier molecular flexibility index (Phi) is 22.2. The zero-order valence-corrected chi connectivity index (χ0v) is 39.3. The molecule has 0 aromatic heterocycles. The first-order chi connectivity index (χ1) is 31.9. The first-order valence-corrected chi connectivity index (χ1v) is 21.0. The molecule has 15 atom stereocenters. The minimum atomic E-state index is -1.85. The summed E-state index contributed by atoms with van der Waals surface area (Å²) in [6.45, 7) is 9.72. The highest BCUT2D eigenvalue weighted by Crippen LogP contribution is 2.35. The predicted molar refractivity (Wildman–Crippen MR) is 215 cm³/mol. The van der Waals surface area contributed by atoms with Gasteiger partial charge in [0.1, 0.15) is 24.9 Å². The third-order valence-electron chi connectivity index (χ3n) is 9.38. The summed E-state index contributed by atoms with van der Waals surface area (Å²) >= 11 is 0. The van der Waals surface area contributed by atoms with Crippen LogP contribution in [0.25, 0.3) is 0 Å². The van der Waals surface area contributed by atoms with Crippen molar-refractivity contribution in [2.24, 2.45) is 0 Å². The fraction of sp³-hybridized carbons (Fsp3) is 0.714. The van der Waals surface area contributed by atoms with Gasteiger partial charge >= 0.3 is 59.7 Å². The van der Waals surface area contributed by atoms with Crippen molar-refractivity contribution in [3.8, 4) is 0 Å². The summed E-state index contributed by atoms with van der Waals surface area (Å²) in [7, 11) is 0. The average Bonchev–Trinajstić information content (AvgIpc) is 3.20. The molecule has 0 aromatic rings. The van der Waals surface area contributed by atoms with E-state index in [-0.39, 0.29) is 6.61 Å². The maximum absolute atomic E-state index is 12.7. The number of carbonyl (C=O) groups is 10. The monoisotopic (exact) mass is 978 g/mol. The van der Waals surface area contributed by atoms with Gasteiger partial charge in [0, 0.05) is 69.2 Å². The van der Waals surface area contributed by atoms with Gasteiger partial charge in [0.2, 0.25) is 0 Å². The quantitative estimate of drug-likeness (QED) is 0.0861. The summed E-state index contributed by atoms with van der Waals surface area (Å²) in [4.78, 5) is 124. The summed E-state index contributed by atoms with van der Waals surface area (Å²) in [5, 5.41) is 0. The van der Waals surface area contributed by atoms with Crippen LogP contribution in [0, 0.1) is 0 Å². The second kappa shape index (κ2) is 26.7. The Morgan fingerprint density at radius 1 is 0.338 bits per heavy atom. The van der Waals surface area contributed by atoms with Crippen LogP contribution < -0.4 is 0 Å². The summed E-state index contributed by atoms with van der Waals surface area (Å²) in [5.41, 5.74) is 0. The molecule has 0 aliphatic carbocycles. The standard InChI is InChI=1S/C42H58O26/c1-12-13-14-53-40-37(63-25(9)50)34(60-22(6)47)32(58-20(4)45)29(66-40)16-55-42-39(65-27(11)52)36(62-24(8)49)33(59-21(5)46)30(68-42)17-56-41-38(64-26(10)51)35(61-23(7)48)31(57-19(3)44)28(67-41)15-54-18(2)43/h12-13,28-42H,14-17H2,1-11H3/b13-12+/t28-,29-,30-,31+,32-,33+,34+,35+,36+,37-,38-,39-,40-,41+,42+/m1/s1. The molecule has 0 spiro atoms. The van der Waals surface area contributed by atoms with Crippen LogP contribution in [-0.2, 0) is 124 Å². The number of rotatable bonds is 20. The lowest BCUT2D eigenvalue weighted by Gasteiger charge is -2.47. The Balaban J connectivity index is 2.15. The van der Waals surface area contributed by atoms with Crippen molar-refractivity contribution in [2.75, 3.05) is 26.4 Å². The predicted octanol–water partition coefficient (Wildman–Crippen LogP) is -0.265. The smallest absolute Gasteiger partial charge is 0.303 e. The number of hydrogen-bond acceptors (Lipinski definition) is 26. The van der Waals surface area contributed by atoms with E-state index in [4.69, 9.17) is 75.8 Å². The van der Waals surface area contributed by atoms with Crippen LogP contribution >= 0.6 is 0 Å². The molecule has 3 heterocycles. The molecule has 0 saturated carbocycles. The van der Waals surface area contributed by atoms with Crippen LogP contribution in [0.1, 0.15) is 76.2 Å². The SMILES string of the molecule is C/C=C/CO[C@@H]1O[C@H](CO[C@H]2O[C@H](CO[C@H]3O[C@H](COC(C)=O)[C@H](OC(C)=O)[C@H](OC(C)=O)[C@H]3OC(C)=O)[C@H](OC(C)=O)[C@H](OC(C)=O)[C@H]2OC(C)=O)[C@@H](OC(C)=O)[C@H](OC(C)=O)[C@H]1OC(C)=O. The maximum atomic E-state index is 12.7. The average molecular weight is 979 g/mol. The Hall–Kier alpha value is -5.80. The van der Waals surface area contributed by atoms with E-state index in [9.17, 15) is 47.9 Å². The van der Waals surface area contributed by atoms with E-state index in [1.54, 1.807) is 19.1 Å². The van der Waals surface area contributed by atoms with Crippen molar-refractivity contribution < 1.29 is 124 Å². The van der Waals surface area contributed by atoms with Crippen molar-refractivity contribution in [3.63, 3.8) is 0 Å². The second-order valence-electron chi connectivity index (χ2n) is 15.2. The van der Waals surface area contributed by atoms with E-state index in [0.717, 1.165) is 69.2 Å². The van der Waals surface area contributed by atoms with Gasteiger partial charge in [0.25, 0.3) is 0 Å². The lowest BCUT2D eigenvalue weighted by molar-refractivity contribution is -0.344. The van der Waals surface area contributed by atoms with Gasteiger partial charge in [-0.25, -0.2) is 0 Å². The van der Waals surface area contributed by atoms with Gasteiger partial charge in [-0.2, -0.15) is 0 Å². The molecule has 0 radical (unpaired) electrons. The highest BCUT2D eigenvalue weighted by Gasteiger charge is 2.57. The molecule has 26 heteroatoms. The van der Waals surface area contributed by atoms with Gasteiger partial charge < -0.3 is 75.8 Å². The van der Waals surface area contributed by atoms with Crippen LogP contribution in [0.3, 0.4) is 0 Å². The molecule has 68 heavy (non-hydrogen) atoms. The normalized spacial score (nSPS) is 31.2. The molecule has 0 unspecified atom stereocenters. The van der Waals surface area contributed by atoms with Crippen molar-refractivity contribution in [1.82, 2.24) is 0 Å². The van der Waals surface area contributed by atoms with Gasteiger partial charge in [-0.15, -0.1) is 0 Å². The zero-order chi connectivity index (χ0) is 51.0. The van der Waals surface area contributed by atoms with Crippen LogP contribution in [0.4, 0.5) is 0 Å². The summed E-state index contributed by atoms with van der Waals surface area (Å²) in [5.74, 6) is -9.11. The number of carbonyl (C=O) groups excluding carboxylic acids is 10. The molecular formula is C42H58O26. The maximum Gasteiger partial charge on any atom is 0.303 e. The number of esters is 10. The van der Waals surface area contributed by atoms with E-state index in [1.165, 1.54) is 0 Å². The van der Waals surface area contributed by atoms with Gasteiger partial charge in [0.05, 0.1) is 19.8 Å². The van der Waals surface area contributed by atoms with E-state index in [0.29, 0.717) is 0 Å². The number of hydrogen-bond donors (Lipinski definition) is 0. The summed E-state index contributed by atoms with van der Waals surface area (Å²) in [6, 6.07) is 0. The van der Waals surface area contributed by atoms with Crippen LogP contribution in [0.15, 0.2) is 12.2 Å². The third-order valence-corrected chi connectivity index (χ3v) is 9.38. The van der Waals surface area contributed by atoms with Crippen molar-refractivity contribution in [3.05, 3.63) is 12.2 Å². The van der Waals surface area contributed by atoms with Gasteiger partial charge in [-0.1, -0.05) is 12.2 Å². The van der Waals surface area contributed by atoms with Crippen molar-refractivity contribution in [2.45, 2.75) is 168 Å². The second-order valence-corrected chi connectivity index (χ2v) is 15.2. The van der Waals surface area contributed by atoms with Gasteiger partial charge in [-0.05, 0) is 6.92 Å². The largest absolute Gasteiger partial charge is 0.463 e. The lowest BCUT2D eigenvalue weighted by atomic mass is 9.96. The van der Waals surface area contributed by atoms with Gasteiger partial charge in [-0.3, -0.25) is 47.9 Å². The zero-order valence-electron chi connectivity index (χ0n) is 39.3. The molecule has 3 saturated heterocycles. The van der Waals surface area contributed by atoms with E-state index < -0.39 is 172 Å². The molecular weight excluding hydrogens is 920 g/mol. The minimum absolute atomic E-state index is 0.110. The lowest BCUT2D eigenvalue weighted by Crippen LogP contribution is -2.65. The van der Waals surface area contributed by atoms with Crippen molar-refractivity contribution in [1.29, 1.82) is 0 Å². The van der Waals surface area contributed by atoms with Crippen molar-refractivity contribution >= 4 is 59.7 Å². The van der Waals surface area contributed by atoms with Crippen LogP contribution in [0.2, 0.25) is 0 Å². The third kappa shape index (κ3) is 17.4. The number of allylic oxidation sites excluding steroid dienone is 1. The van der Waals surface area contributed by atoms with Crippen LogP contribution in [0.5, 0.6) is 0 Å². The fourth-order valence-electron chi connectivity index (χ4n) is 7.20. The first kappa shape index (κ1) is 56.5. The molecule has 0 bridgehead atoms. The molecule has 3 rings (SSSR count). The summed E-state index contributed by atoms with van der Waals surface area (Å²) in [6.07, 6.45) is -21.3. The molecule has 0 aromatic carbocycles. The Morgan fingerprint density at radius 2 is 0.588 bits per heavy atom. The fourth-order valence-corrected chi connectivity index (χ4v) is 7.20. The molecule has 3 fully saturated rings. The Bertz CT molecular complexity index is 1850. The molecule has 3 aliphatic heterocycles. The van der Waals surface area contributed by atoms with E-state index >= 15 is 0 Å². The molecule has 0 N–H and O–H groups in total. The highest BCUT2D eigenvalue weighted by molar-refractivity contribution is 5.70. The van der Waals surface area contributed by atoms with Crippen LogP contribution in [-0.4, -0.2) is 178 Å². The molecule has 382 valence electrons. The Labute approximate surface area is 389 Å².